The smallest absolute Gasteiger partial charge is 0.205 e. The van der Waals surface area contributed by atoms with E-state index in [4.69, 9.17) is 16.0 Å². The van der Waals surface area contributed by atoms with Crippen molar-refractivity contribution in [2.45, 2.75) is 10.9 Å². The van der Waals surface area contributed by atoms with Crippen LogP contribution in [0.3, 0.4) is 0 Å². The summed E-state index contributed by atoms with van der Waals surface area (Å²) >= 11 is 7.71. The van der Waals surface area contributed by atoms with Crippen LogP contribution in [0.2, 0.25) is 5.02 Å². The van der Waals surface area contributed by atoms with Gasteiger partial charge in [-0.25, -0.2) is 9.37 Å². The summed E-state index contributed by atoms with van der Waals surface area (Å²) in [5, 5.41) is 9.82. The van der Waals surface area contributed by atoms with Crippen molar-refractivity contribution in [1.82, 2.24) is 19.7 Å². The van der Waals surface area contributed by atoms with Gasteiger partial charge >= 0.3 is 0 Å². The Morgan fingerprint density at radius 1 is 1.11 bits per heavy atom. The Bertz CT molecular complexity index is 1080. The lowest BCUT2D eigenvalue weighted by molar-refractivity contribution is 0.529. The molecular weight excluding hydrogens is 387 g/mol. The molecule has 0 radical (unpaired) electrons. The number of aromatic nitrogens is 4. The fourth-order valence-electron chi connectivity index (χ4n) is 2.57. The van der Waals surface area contributed by atoms with Gasteiger partial charge in [0.25, 0.3) is 0 Å². The van der Waals surface area contributed by atoms with E-state index in [0.717, 1.165) is 16.3 Å². The Morgan fingerprint density at radius 3 is 2.67 bits per heavy atom. The van der Waals surface area contributed by atoms with Gasteiger partial charge in [-0.1, -0.05) is 35.5 Å². The summed E-state index contributed by atoms with van der Waals surface area (Å²) in [6, 6.07) is 13.6. The lowest BCUT2D eigenvalue weighted by Crippen LogP contribution is -1.95. The molecule has 2 aromatic heterocycles. The van der Waals surface area contributed by atoms with Crippen LogP contribution in [0.1, 0.15) is 5.89 Å². The molecular formula is C19H14ClFN4OS. The second-order valence-electron chi connectivity index (χ2n) is 5.76. The van der Waals surface area contributed by atoms with Gasteiger partial charge in [-0.15, -0.1) is 10.2 Å². The molecule has 0 aliphatic heterocycles. The number of nitrogens with zero attached hydrogens (tertiary/aromatic N) is 4. The minimum absolute atomic E-state index is 0.286. The molecule has 4 aromatic rings. The summed E-state index contributed by atoms with van der Waals surface area (Å²) in [6.45, 7) is 0. The topological polar surface area (TPSA) is 56.7 Å². The van der Waals surface area contributed by atoms with Gasteiger partial charge in [-0.05, 0) is 36.4 Å². The molecule has 27 heavy (non-hydrogen) atoms. The van der Waals surface area contributed by atoms with E-state index < -0.39 is 0 Å². The first-order chi connectivity index (χ1) is 13.1. The highest BCUT2D eigenvalue weighted by Crippen LogP contribution is 2.30. The molecule has 0 aliphatic rings. The summed E-state index contributed by atoms with van der Waals surface area (Å²) in [7, 11) is 1.89. The normalized spacial score (nSPS) is 11.1. The van der Waals surface area contributed by atoms with Crippen molar-refractivity contribution in [3.63, 3.8) is 0 Å². The third kappa shape index (κ3) is 3.74. The molecule has 4 rings (SSSR count). The monoisotopic (exact) mass is 400 g/mol. The Morgan fingerprint density at radius 2 is 1.89 bits per heavy atom. The van der Waals surface area contributed by atoms with E-state index >= 15 is 0 Å². The van der Waals surface area contributed by atoms with Crippen molar-refractivity contribution in [2.75, 3.05) is 0 Å². The first kappa shape index (κ1) is 17.8. The van der Waals surface area contributed by atoms with Crippen molar-refractivity contribution in [3.8, 4) is 22.7 Å². The molecule has 5 nitrogen and oxygen atoms in total. The SMILES string of the molecule is Cn1c(SCc2ncc(-c3ccc(F)cc3)o2)nnc1-c1ccccc1Cl. The number of halogens is 2. The van der Waals surface area contributed by atoms with Crippen molar-refractivity contribution in [1.29, 1.82) is 0 Å². The largest absolute Gasteiger partial charge is 0.440 e. The molecule has 0 bridgehead atoms. The first-order valence-corrected chi connectivity index (χ1v) is 9.46. The van der Waals surface area contributed by atoms with E-state index in [9.17, 15) is 4.39 Å². The van der Waals surface area contributed by atoms with Gasteiger partial charge in [0.2, 0.25) is 5.89 Å². The first-order valence-electron chi connectivity index (χ1n) is 8.09. The lowest BCUT2D eigenvalue weighted by Gasteiger charge is -2.04. The van der Waals surface area contributed by atoms with E-state index in [0.29, 0.717) is 28.3 Å². The number of oxazole rings is 1. The average Bonchev–Trinajstić information content (AvgIpc) is 3.28. The predicted molar refractivity (Wildman–Crippen MR) is 103 cm³/mol. The van der Waals surface area contributed by atoms with Crippen LogP contribution in [-0.4, -0.2) is 19.7 Å². The molecule has 2 aromatic carbocycles. The molecule has 0 N–H and O–H groups in total. The predicted octanol–water partition coefficient (Wildman–Crippen LogP) is 5.22. The van der Waals surface area contributed by atoms with Gasteiger partial charge in [0.15, 0.2) is 16.7 Å². The van der Waals surface area contributed by atoms with Crippen LogP contribution in [0.5, 0.6) is 0 Å². The third-order valence-corrected chi connectivity index (χ3v) is 5.29. The second-order valence-corrected chi connectivity index (χ2v) is 7.11. The van der Waals surface area contributed by atoms with Crippen LogP contribution in [0.15, 0.2) is 64.3 Å². The molecule has 2 heterocycles. The number of thioether (sulfide) groups is 1. The van der Waals surface area contributed by atoms with Gasteiger partial charge in [0.1, 0.15) is 5.82 Å². The number of rotatable bonds is 5. The van der Waals surface area contributed by atoms with Crippen LogP contribution in [-0.2, 0) is 12.8 Å². The van der Waals surface area contributed by atoms with E-state index in [1.54, 1.807) is 18.3 Å². The van der Waals surface area contributed by atoms with Crippen molar-refractivity contribution in [2.24, 2.45) is 7.05 Å². The summed E-state index contributed by atoms with van der Waals surface area (Å²) in [6.07, 6.45) is 1.63. The molecule has 0 fully saturated rings. The van der Waals surface area contributed by atoms with Crippen molar-refractivity contribution in [3.05, 3.63) is 71.5 Å². The molecule has 0 saturated carbocycles. The zero-order valence-electron chi connectivity index (χ0n) is 14.3. The number of hydrogen-bond acceptors (Lipinski definition) is 5. The maximum absolute atomic E-state index is 13.0. The Hall–Kier alpha value is -2.64. The number of benzene rings is 2. The van der Waals surface area contributed by atoms with Crippen LogP contribution in [0.25, 0.3) is 22.7 Å². The van der Waals surface area contributed by atoms with E-state index in [-0.39, 0.29) is 5.82 Å². The van der Waals surface area contributed by atoms with Crippen LogP contribution < -0.4 is 0 Å². The van der Waals surface area contributed by atoms with Gasteiger partial charge < -0.3 is 8.98 Å². The van der Waals surface area contributed by atoms with E-state index in [1.807, 2.05) is 35.9 Å². The molecule has 0 unspecified atom stereocenters. The minimum atomic E-state index is -0.286. The zero-order valence-corrected chi connectivity index (χ0v) is 15.8. The van der Waals surface area contributed by atoms with E-state index in [2.05, 4.69) is 15.2 Å². The highest BCUT2D eigenvalue weighted by molar-refractivity contribution is 7.98. The number of hydrogen-bond donors (Lipinski definition) is 0. The van der Waals surface area contributed by atoms with Gasteiger partial charge in [0, 0.05) is 18.2 Å². The standard InChI is InChI=1S/C19H14ClFN4OS/c1-25-18(14-4-2-3-5-15(14)20)23-24-19(25)27-11-17-22-10-16(26-17)12-6-8-13(21)9-7-12/h2-10H,11H2,1H3. The molecule has 8 heteroatoms. The highest BCUT2D eigenvalue weighted by Gasteiger charge is 2.15. The van der Waals surface area contributed by atoms with Crippen LogP contribution in [0, 0.1) is 5.82 Å². The summed E-state index contributed by atoms with van der Waals surface area (Å²) in [5.41, 5.74) is 1.61. The molecule has 0 saturated heterocycles. The van der Waals surface area contributed by atoms with Crippen molar-refractivity contribution < 1.29 is 8.81 Å². The van der Waals surface area contributed by atoms with Gasteiger partial charge in [-0.2, -0.15) is 0 Å². The average molecular weight is 401 g/mol. The lowest BCUT2D eigenvalue weighted by atomic mass is 10.2. The maximum Gasteiger partial charge on any atom is 0.205 e. The fraction of sp³-hybridized carbons (Fsp3) is 0.105. The highest BCUT2D eigenvalue weighted by atomic mass is 35.5. The van der Waals surface area contributed by atoms with Gasteiger partial charge in [-0.3, -0.25) is 0 Å². The zero-order chi connectivity index (χ0) is 18.8. The van der Waals surface area contributed by atoms with Crippen LogP contribution >= 0.6 is 23.4 Å². The molecule has 0 amide bonds. The third-order valence-electron chi connectivity index (χ3n) is 3.96. The molecule has 136 valence electrons. The van der Waals surface area contributed by atoms with E-state index in [1.165, 1.54) is 23.9 Å². The van der Waals surface area contributed by atoms with Crippen LogP contribution in [0.4, 0.5) is 4.39 Å². The fourth-order valence-corrected chi connectivity index (χ4v) is 3.55. The quantitative estimate of drug-likeness (QED) is 0.430. The van der Waals surface area contributed by atoms with Gasteiger partial charge in [0.05, 0.1) is 17.0 Å². The molecule has 0 atom stereocenters. The molecule has 0 aliphatic carbocycles. The maximum atomic E-state index is 13.0. The summed E-state index contributed by atoms with van der Waals surface area (Å²) in [4.78, 5) is 4.28. The summed E-state index contributed by atoms with van der Waals surface area (Å²) in [5.74, 6) is 2.06. The molecule has 0 spiro atoms. The second kappa shape index (κ2) is 7.54. The van der Waals surface area contributed by atoms with Crippen molar-refractivity contribution >= 4 is 23.4 Å². The summed E-state index contributed by atoms with van der Waals surface area (Å²) < 4.78 is 20.7. The Labute approximate surface area is 164 Å². The Kier molecular flexibility index (Phi) is 4.96. The Balaban J connectivity index is 1.49. The minimum Gasteiger partial charge on any atom is -0.440 e.